The number of pyridine rings is 1. The van der Waals surface area contributed by atoms with E-state index in [4.69, 9.17) is 6.42 Å². The van der Waals surface area contributed by atoms with Crippen LogP contribution in [0.5, 0.6) is 0 Å². The molecule has 0 amide bonds. The molecule has 5 heteroatoms. The van der Waals surface area contributed by atoms with Gasteiger partial charge in [0.15, 0.2) is 11.5 Å². The van der Waals surface area contributed by atoms with Gasteiger partial charge in [0, 0.05) is 17.2 Å². The molecule has 0 bridgehead atoms. The van der Waals surface area contributed by atoms with Crippen molar-refractivity contribution in [2.45, 2.75) is 32.7 Å². The van der Waals surface area contributed by atoms with Crippen LogP contribution in [0.1, 0.15) is 43.9 Å². The molecule has 108 valence electrons. The average molecular weight is 299 g/mol. The Hall–Kier alpha value is -1.93. The van der Waals surface area contributed by atoms with Gasteiger partial charge in [-0.15, -0.1) is 18.2 Å². The number of hydrogen-bond acceptors (Lipinski definition) is 5. The van der Waals surface area contributed by atoms with Crippen LogP contribution >= 0.6 is 11.8 Å². The summed E-state index contributed by atoms with van der Waals surface area (Å²) in [6, 6.07) is 1.84. The second-order valence-corrected chi connectivity index (χ2v) is 6.86. The summed E-state index contributed by atoms with van der Waals surface area (Å²) >= 11 is 1.55. The second kappa shape index (κ2) is 5.82. The maximum Gasteiger partial charge on any atom is 0.205 e. The topological polar surface area (TPSA) is 55.7 Å². The van der Waals surface area contributed by atoms with Crippen LogP contribution in [0.3, 0.4) is 0 Å². The summed E-state index contributed by atoms with van der Waals surface area (Å²) in [6.07, 6.45) is 6.99. The molecular formula is C16H17N3OS. The number of aromatic nitrogens is 3. The number of rotatable bonds is 3. The molecular weight excluding hydrogens is 282 g/mol. The molecule has 0 N–H and O–H groups in total. The van der Waals surface area contributed by atoms with Crippen LogP contribution in [0.15, 0.2) is 17.3 Å². The van der Waals surface area contributed by atoms with E-state index >= 15 is 0 Å². The van der Waals surface area contributed by atoms with Crippen molar-refractivity contribution in [1.29, 1.82) is 0 Å². The Morgan fingerprint density at radius 1 is 1.38 bits per heavy atom. The summed E-state index contributed by atoms with van der Waals surface area (Å²) in [4.78, 5) is 25.4. The van der Waals surface area contributed by atoms with Crippen LogP contribution in [0, 0.1) is 17.8 Å². The van der Waals surface area contributed by atoms with Crippen molar-refractivity contribution in [3.05, 3.63) is 23.7 Å². The predicted molar refractivity (Wildman–Crippen MR) is 85.5 cm³/mol. The number of nitrogens with zero attached hydrogens (tertiary/aromatic N) is 3. The molecule has 2 rings (SSSR count). The van der Waals surface area contributed by atoms with Crippen LogP contribution in [0.2, 0.25) is 0 Å². The molecule has 0 radical (unpaired) electrons. The Labute approximate surface area is 128 Å². The van der Waals surface area contributed by atoms with Crippen molar-refractivity contribution in [3.63, 3.8) is 0 Å². The lowest BCUT2D eigenvalue weighted by Crippen LogP contribution is -2.23. The van der Waals surface area contributed by atoms with Gasteiger partial charge in [-0.05, 0) is 11.8 Å². The first-order valence-electron chi connectivity index (χ1n) is 6.68. The number of thioether (sulfide) groups is 1. The zero-order valence-electron chi connectivity index (χ0n) is 12.6. The molecule has 0 aliphatic carbocycles. The van der Waals surface area contributed by atoms with Crippen LogP contribution in [-0.2, 0) is 0 Å². The highest BCUT2D eigenvalue weighted by Gasteiger charge is 2.26. The highest BCUT2D eigenvalue weighted by molar-refractivity contribution is 7.99. The van der Waals surface area contributed by atoms with Crippen molar-refractivity contribution < 1.29 is 4.79 Å². The third-order valence-corrected chi connectivity index (χ3v) is 3.72. The zero-order chi connectivity index (χ0) is 15.6. The van der Waals surface area contributed by atoms with Crippen molar-refractivity contribution in [2.75, 3.05) is 5.75 Å². The van der Waals surface area contributed by atoms with E-state index in [0.717, 1.165) is 16.2 Å². The molecule has 0 aliphatic rings. The fraction of sp³-hybridized carbons (Fsp3) is 0.375. The molecule has 0 saturated heterocycles. The molecule has 0 aromatic carbocycles. The molecule has 0 unspecified atom stereocenters. The molecule has 0 aliphatic heterocycles. The molecule has 0 fully saturated rings. The van der Waals surface area contributed by atoms with Crippen molar-refractivity contribution in [1.82, 2.24) is 15.0 Å². The molecule has 0 spiro atoms. The monoisotopic (exact) mass is 299 g/mol. The number of terminal acetylenes is 1. The van der Waals surface area contributed by atoms with E-state index in [2.05, 4.69) is 20.9 Å². The summed E-state index contributed by atoms with van der Waals surface area (Å²) in [6.45, 7) is 7.58. The van der Waals surface area contributed by atoms with Crippen LogP contribution in [-0.4, -0.2) is 26.5 Å². The van der Waals surface area contributed by atoms with E-state index < -0.39 is 5.41 Å². The van der Waals surface area contributed by atoms with Gasteiger partial charge in [-0.3, -0.25) is 4.79 Å². The van der Waals surface area contributed by atoms with Gasteiger partial charge in [-0.25, -0.2) is 15.0 Å². The lowest BCUT2D eigenvalue weighted by molar-refractivity contribution is 0.0846. The highest BCUT2D eigenvalue weighted by atomic mass is 32.2. The number of hydrogen-bond donors (Lipinski definition) is 0. The van der Waals surface area contributed by atoms with Gasteiger partial charge in [-0.1, -0.05) is 33.6 Å². The van der Waals surface area contributed by atoms with E-state index in [-0.39, 0.29) is 11.6 Å². The van der Waals surface area contributed by atoms with Crippen molar-refractivity contribution in [2.24, 2.45) is 5.41 Å². The van der Waals surface area contributed by atoms with Gasteiger partial charge in [-0.2, -0.15) is 0 Å². The van der Waals surface area contributed by atoms with E-state index in [9.17, 15) is 4.79 Å². The van der Waals surface area contributed by atoms with Crippen molar-refractivity contribution >= 4 is 28.6 Å². The molecule has 0 saturated carbocycles. The van der Waals surface area contributed by atoms with Crippen LogP contribution in [0.25, 0.3) is 11.0 Å². The first-order valence-corrected chi connectivity index (χ1v) is 7.67. The van der Waals surface area contributed by atoms with Gasteiger partial charge < -0.3 is 0 Å². The second-order valence-electron chi connectivity index (χ2n) is 5.60. The van der Waals surface area contributed by atoms with Gasteiger partial charge in [0.1, 0.15) is 5.03 Å². The third kappa shape index (κ3) is 3.22. The lowest BCUT2D eigenvalue weighted by Gasteiger charge is -2.16. The van der Waals surface area contributed by atoms with Gasteiger partial charge in [0.2, 0.25) is 5.78 Å². The van der Waals surface area contributed by atoms with E-state index in [1.165, 1.54) is 0 Å². The summed E-state index contributed by atoms with van der Waals surface area (Å²) in [7, 11) is 0. The molecule has 21 heavy (non-hydrogen) atoms. The van der Waals surface area contributed by atoms with Gasteiger partial charge >= 0.3 is 0 Å². The summed E-state index contributed by atoms with van der Waals surface area (Å²) in [5.41, 5.74) is 0.659. The number of Topliss-reactive ketones (excluding diaryl/α,β-unsaturated/α-hetero) is 1. The Morgan fingerprint density at radius 3 is 2.67 bits per heavy atom. The minimum Gasteiger partial charge on any atom is -0.290 e. The summed E-state index contributed by atoms with van der Waals surface area (Å²) in [5, 5.41) is 1.54. The maximum atomic E-state index is 12.4. The number of fused-ring (bicyclic) bond motifs is 1. The standard InChI is InChI=1S/C16H17N3OS/c1-6-10-8-11-13(17-9-10)18-14(12(20)16(3,4)5)19-15(11)21-7-2/h1,8-9H,7H2,2-5H3. The third-order valence-electron chi connectivity index (χ3n) is 2.85. The summed E-state index contributed by atoms with van der Waals surface area (Å²) in [5.74, 6) is 3.52. The quantitative estimate of drug-likeness (QED) is 0.376. The number of ketones is 1. The molecule has 2 aromatic heterocycles. The minimum atomic E-state index is -0.527. The number of carbonyl (C=O) groups is 1. The Balaban J connectivity index is 2.67. The Morgan fingerprint density at radius 2 is 2.10 bits per heavy atom. The maximum absolute atomic E-state index is 12.4. The van der Waals surface area contributed by atoms with E-state index in [1.54, 1.807) is 18.0 Å². The SMILES string of the molecule is C#Cc1cnc2nc(C(=O)C(C)(C)C)nc(SCC)c2c1. The lowest BCUT2D eigenvalue weighted by atomic mass is 9.90. The van der Waals surface area contributed by atoms with Gasteiger partial charge in [0.05, 0.1) is 5.39 Å². The van der Waals surface area contributed by atoms with Crippen LogP contribution in [0.4, 0.5) is 0 Å². The van der Waals surface area contributed by atoms with Crippen LogP contribution < -0.4 is 0 Å². The first kappa shape index (κ1) is 15.5. The predicted octanol–water partition coefficient (Wildman–Crippen LogP) is 3.35. The van der Waals surface area contributed by atoms with E-state index in [1.807, 2.05) is 33.8 Å². The molecule has 2 heterocycles. The van der Waals surface area contributed by atoms with Crippen molar-refractivity contribution in [3.8, 4) is 12.3 Å². The average Bonchev–Trinajstić information content (AvgIpc) is 2.45. The molecule has 0 atom stereocenters. The Kier molecular flexibility index (Phi) is 4.29. The Bertz CT molecular complexity index is 741. The largest absolute Gasteiger partial charge is 0.290 e. The first-order chi connectivity index (χ1) is 9.86. The number of carbonyl (C=O) groups excluding carboxylic acids is 1. The fourth-order valence-electron chi connectivity index (χ4n) is 1.75. The van der Waals surface area contributed by atoms with Gasteiger partial charge in [0.25, 0.3) is 0 Å². The fourth-order valence-corrected chi connectivity index (χ4v) is 2.48. The normalized spacial score (nSPS) is 11.4. The van der Waals surface area contributed by atoms with E-state index in [0.29, 0.717) is 11.2 Å². The molecule has 2 aromatic rings. The highest BCUT2D eigenvalue weighted by Crippen LogP contribution is 2.27. The zero-order valence-corrected chi connectivity index (χ0v) is 13.4. The summed E-state index contributed by atoms with van der Waals surface area (Å²) < 4.78 is 0. The minimum absolute atomic E-state index is 0.0924. The smallest absolute Gasteiger partial charge is 0.205 e. The molecule has 4 nitrogen and oxygen atoms in total.